The SMILES string of the molecule is CCN(CC)C(=O)C1(NC(=O)/C=C/c2cccc(OC)c2OC(F)F)CCCCC1. The molecule has 1 aromatic rings. The Morgan fingerprint density at radius 1 is 1.20 bits per heavy atom. The summed E-state index contributed by atoms with van der Waals surface area (Å²) in [7, 11) is 1.35. The van der Waals surface area contributed by atoms with Crippen LogP contribution in [-0.2, 0) is 9.59 Å². The molecule has 0 heterocycles. The Hall–Kier alpha value is -2.64. The van der Waals surface area contributed by atoms with Gasteiger partial charge < -0.3 is 19.7 Å². The number of rotatable bonds is 9. The van der Waals surface area contributed by atoms with E-state index in [0.717, 1.165) is 19.3 Å². The molecule has 0 bridgehead atoms. The lowest BCUT2D eigenvalue weighted by molar-refractivity contribution is -0.142. The van der Waals surface area contributed by atoms with Crippen molar-refractivity contribution in [3.05, 3.63) is 29.8 Å². The van der Waals surface area contributed by atoms with Crippen molar-refractivity contribution >= 4 is 17.9 Å². The summed E-state index contributed by atoms with van der Waals surface area (Å²) in [6, 6.07) is 4.65. The first kappa shape index (κ1) is 23.6. The number of likely N-dealkylation sites (N-methyl/N-ethyl adjacent to an activating group) is 1. The molecular formula is C22H30F2N2O4. The molecule has 0 unspecified atom stereocenters. The number of nitrogens with one attached hydrogen (secondary N) is 1. The number of nitrogens with zero attached hydrogens (tertiary/aromatic N) is 1. The normalized spacial score (nSPS) is 15.8. The van der Waals surface area contributed by atoms with Crippen LogP contribution in [0.2, 0.25) is 0 Å². The maximum Gasteiger partial charge on any atom is 0.387 e. The van der Waals surface area contributed by atoms with E-state index < -0.39 is 18.1 Å². The van der Waals surface area contributed by atoms with Gasteiger partial charge in [-0.05, 0) is 38.8 Å². The van der Waals surface area contributed by atoms with E-state index in [1.165, 1.54) is 25.3 Å². The first-order valence-electron chi connectivity index (χ1n) is 10.3. The highest BCUT2D eigenvalue weighted by Gasteiger charge is 2.42. The molecule has 30 heavy (non-hydrogen) atoms. The van der Waals surface area contributed by atoms with E-state index in [1.54, 1.807) is 17.0 Å². The molecule has 0 aliphatic heterocycles. The highest BCUT2D eigenvalue weighted by atomic mass is 19.3. The Morgan fingerprint density at radius 3 is 2.43 bits per heavy atom. The van der Waals surface area contributed by atoms with Gasteiger partial charge in [0.25, 0.3) is 0 Å². The van der Waals surface area contributed by atoms with Crippen molar-refractivity contribution in [2.24, 2.45) is 0 Å². The fourth-order valence-electron chi connectivity index (χ4n) is 3.84. The minimum absolute atomic E-state index is 0.0722. The topological polar surface area (TPSA) is 67.9 Å². The van der Waals surface area contributed by atoms with E-state index in [1.807, 2.05) is 13.8 Å². The van der Waals surface area contributed by atoms with Crippen molar-refractivity contribution in [1.29, 1.82) is 0 Å². The third kappa shape index (κ3) is 5.70. The molecule has 0 radical (unpaired) electrons. The van der Waals surface area contributed by atoms with Gasteiger partial charge in [-0.1, -0.05) is 31.4 Å². The molecule has 0 spiro atoms. The number of carbonyl (C=O) groups is 2. The van der Waals surface area contributed by atoms with Crippen molar-refractivity contribution in [3.8, 4) is 11.5 Å². The second-order valence-electron chi connectivity index (χ2n) is 7.20. The van der Waals surface area contributed by atoms with Crippen LogP contribution in [-0.4, -0.2) is 49.1 Å². The van der Waals surface area contributed by atoms with Gasteiger partial charge in [0, 0.05) is 24.7 Å². The summed E-state index contributed by atoms with van der Waals surface area (Å²) < 4.78 is 35.2. The molecule has 1 fully saturated rings. The fourth-order valence-corrected chi connectivity index (χ4v) is 3.84. The minimum Gasteiger partial charge on any atom is -0.493 e. The monoisotopic (exact) mass is 424 g/mol. The first-order valence-corrected chi connectivity index (χ1v) is 10.3. The number of hydrogen-bond donors (Lipinski definition) is 1. The van der Waals surface area contributed by atoms with Gasteiger partial charge in [-0.2, -0.15) is 8.78 Å². The van der Waals surface area contributed by atoms with Crippen LogP contribution in [0.25, 0.3) is 6.08 Å². The Labute approximate surface area is 176 Å². The molecule has 1 N–H and O–H groups in total. The van der Waals surface area contributed by atoms with E-state index in [0.29, 0.717) is 25.9 Å². The molecule has 0 atom stereocenters. The van der Waals surface area contributed by atoms with Crippen LogP contribution >= 0.6 is 0 Å². The highest BCUT2D eigenvalue weighted by molar-refractivity contribution is 5.98. The smallest absolute Gasteiger partial charge is 0.387 e. The van der Waals surface area contributed by atoms with E-state index >= 15 is 0 Å². The standard InChI is InChI=1S/C22H30F2N2O4/c1-4-26(5-2)20(28)22(14-7-6-8-15-22)25-18(27)13-12-16-10-9-11-17(29-3)19(16)30-21(23)24/h9-13,21H,4-8,14-15H2,1-3H3,(H,25,27)/b13-12+. The van der Waals surface area contributed by atoms with Gasteiger partial charge in [-0.25, -0.2) is 0 Å². The number of benzene rings is 1. The summed E-state index contributed by atoms with van der Waals surface area (Å²) in [6.07, 6.45) is 6.53. The number of amides is 2. The molecule has 1 aliphatic rings. The van der Waals surface area contributed by atoms with Crippen molar-refractivity contribution in [1.82, 2.24) is 10.2 Å². The zero-order chi connectivity index (χ0) is 22.1. The lowest BCUT2D eigenvalue weighted by Crippen LogP contribution is -2.60. The summed E-state index contributed by atoms with van der Waals surface area (Å²) >= 11 is 0. The third-order valence-electron chi connectivity index (χ3n) is 5.38. The van der Waals surface area contributed by atoms with E-state index in [2.05, 4.69) is 10.1 Å². The zero-order valence-corrected chi connectivity index (χ0v) is 17.7. The lowest BCUT2D eigenvalue weighted by atomic mass is 9.80. The van der Waals surface area contributed by atoms with Crippen molar-refractivity contribution < 1.29 is 27.8 Å². The van der Waals surface area contributed by atoms with Crippen LogP contribution in [0.15, 0.2) is 24.3 Å². The molecule has 0 aromatic heterocycles. The molecule has 0 saturated heterocycles. The number of hydrogen-bond acceptors (Lipinski definition) is 4. The van der Waals surface area contributed by atoms with Gasteiger partial charge in [-0.15, -0.1) is 0 Å². The maximum absolute atomic E-state index is 13.1. The number of carbonyl (C=O) groups excluding carboxylic acids is 2. The van der Waals surface area contributed by atoms with Crippen molar-refractivity contribution in [2.45, 2.75) is 58.1 Å². The van der Waals surface area contributed by atoms with Crippen molar-refractivity contribution in [2.75, 3.05) is 20.2 Å². The molecule has 1 saturated carbocycles. The van der Waals surface area contributed by atoms with Gasteiger partial charge in [0.05, 0.1) is 7.11 Å². The first-order chi connectivity index (χ1) is 14.4. The van der Waals surface area contributed by atoms with Gasteiger partial charge in [0.1, 0.15) is 5.54 Å². The number of methoxy groups -OCH3 is 1. The van der Waals surface area contributed by atoms with Crippen molar-refractivity contribution in [3.63, 3.8) is 0 Å². The van der Waals surface area contributed by atoms with Crippen LogP contribution in [0.1, 0.15) is 51.5 Å². The molecular weight excluding hydrogens is 394 g/mol. The van der Waals surface area contributed by atoms with Gasteiger partial charge in [-0.3, -0.25) is 9.59 Å². The molecule has 8 heteroatoms. The highest BCUT2D eigenvalue weighted by Crippen LogP contribution is 2.34. The van der Waals surface area contributed by atoms with Gasteiger partial charge in [0.2, 0.25) is 11.8 Å². The Balaban J connectivity index is 2.24. The Morgan fingerprint density at radius 2 is 1.87 bits per heavy atom. The molecule has 2 rings (SSSR count). The summed E-state index contributed by atoms with van der Waals surface area (Å²) in [5, 5.41) is 2.90. The van der Waals surface area contributed by atoms with E-state index in [-0.39, 0.29) is 23.0 Å². The molecule has 1 aliphatic carbocycles. The lowest BCUT2D eigenvalue weighted by Gasteiger charge is -2.39. The average Bonchev–Trinajstić information content (AvgIpc) is 2.74. The van der Waals surface area contributed by atoms with Crippen LogP contribution < -0.4 is 14.8 Å². The van der Waals surface area contributed by atoms with Gasteiger partial charge in [0.15, 0.2) is 11.5 Å². The number of halogens is 2. The predicted molar refractivity (Wildman–Crippen MR) is 111 cm³/mol. The zero-order valence-electron chi connectivity index (χ0n) is 17.7. The summed E-state index contributed by atoms with van der Waals surface area (Å²) in [5.41, 5.74) is -0.653. The molecule has 6 nitrogen and oxygen atoms in total. The number of ether oxygens (including phenoxy) is 2. The predicted octanol–water partition coefficient (Wildman–Crippen LogP) is 4.00. The second-order valence-corrected chi connectivity index (χ2v) is 7.20. The maximum atomic E-state index is 13.1. The Kier molecular flexibility index (Phi) is 8.62. The summed E-state index contributed by atoms with van der Waals surface area (Å²) in [6.45, 7) is 1.93. The van der Waals surface area contributed by atoms with Crippen LogP contribution in [0, 0.1) is 0 Å². The average molecular weight is 424 g/mol. The van der Waals surface area contributed by atoms with Crippen LogP contribution in [0.4, 0.5) is 8.78 Å². The van der Waals surface area contributed by atoms with E-state index in [9.17, 15) is 18.4 Å². The van der Waals surface area contributed by atoms with E-state index in [4.69, 9.17) is 4.74 Å². The molecule has 1 aromatic carbocycles. The minimum atomic E-state index is -3.03. The molecule has 2 amide bonds. The number of alkyl halides is 2. The quantitative estimate of drug-likeness (QED) is 0.609. The largest absolute Gasteiger partial charge is 0.493 e. The van der Waals surface area contributed by atoms with Crippen LogP contribution in [0.5, 0.6) is 11.5 Å². The second kappa shape index (κ2) is 10.9. The Bertz CT molecular complexity index is 758. The summed E-state index contributed by atoms with van der Waals surface area (Å²) in [5.74, 6) is -0.538. The third-order valence-corrected chi connectivity index (χ3v) is 5.38. The fraction of sp³-hybridized carbons (Fsp3) is 0.545. The number of para-hydroxylation sites is 1. The summed E-state index contributed by atoms with van der Waals surface area (Å²) in [4.78, 5) is 27.5. The molecule has 166 valence electrons. The van der Waals surface area contributed by atoms with Crippen LogP contribution in [0.3, 0.4) is 0 Å². The van der Waals surface area contributed by atoms with Gasteiger partial charge >= 0.3 is 6.61 Å².